The van der Waals surface area contributed by atoms with Gasteiger partial charge in [0.25, 0.3) is 0 Å². The number of nitrogens with one attached hydrogen (secondary N) is 1. The van der Waals surface area contributed by atoms with Gasteiger partial charge in [-0.05, 0) is 34.6 Å². The summed E-state index contributed by atoms with van der Waals surface area (Å²) in [5.74, 6) is 0.407. The second kappa shape index (κ2) is 4.77. The Morgan fingerprint density at radius 3 is 2.53 bits per heavy atom. The molecule has 0 bridgehead atoms. The Morgan fingerprint density at radius 1 is 1.53 bits per heavy atom. The lowest BCUT2D eigenvalue weighted by Crippen LogP contribution is -2.34. The van der Waals surface area contributed by atoms with Crippen LogP contribution in [0.4, 0.5) is 5.82 Å². The highest BCUT2D eigenvalue weighted by atomic mass is 16.6. The van der Waals surface area contributed by atoms with E-state index in [1.165, 1.54) is 0 Å². The molecule has 5 nitrogen and oxygen atoms in total. The van der Waals surface area contributed by atoms with Gasteiger partial charge in [-0.3, -0.25) is 4.68 Å². The zero-order valence-corrected chi connectivity index (χ0v) is 11.4. The van der Waals surface area contributed by atoms with E-state index < -0.39 is 11.6 Å². The molecule has 0 saturated carbocycles. The van der Waals surface area contributed by atoms with Gasteiger partial charge in [-0.1, -0.05) is 0 Å². The van der Waals surface area contributed by atoms with Crippen molar-refractivity contribution in [3.63, 3.8) is 0 Å². The SMILES string of the molecule is Cc1cc(NC(C)C(=O)OC(C)(C)C)nn1C. The van der Waals surface area contributed by atoms with Crippen molar-refractivity contribution in [2.24, 2.45) is 7.05 Å². The maximum atomic E-state index is 11.7. The van der Waals surface area contributed by atoms with Crippen molar-refractivity contribution in [3.05, 3.63) is 11.8 Å². The van der Waals surface area contributed by atoms with Crippen LogP contribution in [0.3, 0.4) is 0 Å². The predicted molar refractivity (Wildman–Crippen MR) is 66.9 cm³/mol. The summed E-state index contributed by atoms with van der Waals surface area (Å²) in [4.78, 5) is 11.7. The fraction of sp³-hybridized carbons (Fsp3) is 0.667. The number of nitrogens with zero attached hydrogens (tertiary/aromatic N) is 2. The standard InChI is InChI=1S/C12H21N3O2/c1-8-7-10(14-15(8)6)13-9(2)11(16)17-12(3,4)5/h7,9H,1-6H3,(H,13,14). The van der Waals surface area contributed by atoms with Crippen molar-refractivity contribution in [1.29, 1.82) is 0 Å². The van der Waals surface area contributed by atoms with Crippen LogP contribution in [0.5, 0.6) is 0 Å². The number of hydrogen-bond acceptors (Lipinski definition) is 4. The maximum Gasteiger partial charge on any atom is 0.328 e. The molecule has 1 atom stereocenters. The second-order valence-electron chi connectivity index (χ2n) is 5.19. The molecule has 0 aliphatic rings. The molecule has 0 fully saturated rings. The molecule has 96 valence electrons. The summed E-state index contributed by atoms with van der Waals surface area (Å²) in [7, 11) is 1.86. The molecule has 0 aliphatic heterocycles. The zero-order valence-electron chi connectivity index (χ0n) is 11.4. The average molecular weight is 239 g/mol. The van der Waals surface area contributed by atoms with E-state index in [0.29, 0.717) is 5.82 Å². The molecule has 0 aliphatic carbocycles. The van der Waals surface area contributed by atoms with Crippen LogP contribution in [-0.4, -0.2) is 27.4 Å². The van der Waals surface area contributed by atoms with Crippen LogP contribution in [0.2, 0.25) is 0 Å². The third-order valence-corrected chi connectivity index (χ3v) is 2.24. The van der Waals surface area contributed by atoms with Crippen LogP contribution in [-0.2, 0) is 16.6 Å². The molecule has 0 saturated heterocycles. The Morgan fingerprint density at radius 2 is 2.12 bits per heavy atom. The molecule has 1 rings (SSSR count). The fourth-order valence-corrected chi connectivity index (χ4v) is 1.30. The minimum atomic E-state index is -0.465. The van der Waals surface area contributed by atoms with E-state index in [0.717, 1.165) is 5.69 Å². The van der Waals surface area contributed by atoms with Gasteiger partial charge in [0.2, 0.25) is 0 Å². The summed E-state index contributed by atoms with van der Waals surface area (Å²) in [6.45, 7) is 9.27. The van der Waals surface area contributed by atoms with E-state index in [2.05, 4.69) is 10.4 Å². The largest absolute Gasteiger partial charge is 0.458 e. The third-order valence-electron chi connectivity index (χ3n) is 2.24. The van der Waals surface area contributed by atoms with Gasteiger partial charge in [-0.25, -0.2) is 4.79 Å². The first kappa shape index (κ1) is 13.5. The number of aryl methyl sites for hydroxylation is 2. The van der Waals surface area contributed by atoms with Crippen molar-refractivity contribution in [2.45, 2.75) is 46.3 Å². The van der Waals surface area contributed by atoms with Gasteiger partial charge >= 0.3 is 5.97 Å². The summed E-state index contributed by atoms with van der Waals surface area (Å²) in [5.41, 5.74) is 0.566. The normalized spacial score (nSPS) is 13.3. The molecular weight excluding hydrogens is 218 g/mol. The van der Waals surface area contributed by atoms with Crippen LogP contribution in [0, 0.1) is 6.92 Å². The fourth-order valence-electron chi connectivity index (χ4n) is 1.30. The molecule has 5 heteroatoms. The lowest BCUT2D eigenvalue weighted by molar-refractivity contribution is -0.155. The van der Waals surface area contributed by atoms with E-state index in [9.17, 15) is 4.79 Å². The number of ether oxygens (including phenoxy) is 1. The van der Waals surface area contributed by atoms with Crippen molar-refractivity contribution < 1.29 is 9.53 Å². The highest BCUT2D eigenvalue weighted by molar-refractivity contribution is 5.78. The van der Waals surface area contributed by atoms with Crippen molar-refractivity contribution in [1.82, 2.24) is 9.78 Å². The number of anilines is 1. The average Bonchev–Trinajstić information content (AvgIpc) is 2.42. The highest BCUT2D eigenvalue weighted by Crippen LogP contribution is 2.12. The molecule has 0 radical (unpaired) electrons. The van der Waals surface area contributed by atoms with Crippen LogP contribution in [0.15, 0.2) is 6.07 Å². The van der Waals surface area contributed by atoms with E-state index in [-0.39, 0.29) is 5.97 Å². The van der Waals surface area contributed by atoms with Gasteiger partial charge in [0.1, 0.15) is 17.5 Å². The smallest absolute Gasteiger partial charge is 0.328 e. The Balaban J connectivity index is 2.60. The highest BCUT2D eigenvalue weighted by Gasteiger charge is 2.22. The van der Waals surface area contributed by atoms with Crippen LogP contribution < -0.4 is 5.32 Å². The topological polar surface area (TPSA) is 56.1 Å². The molecule has 0 spiro atoms. The van der Waals surface area contributed by atoms with Gasteiger partial charge in [0, 0.05) is 18.8 Å². The Kier molecular flexibility index (Phi) is 3.80. The first-order valence-corrected chi connectivity index (χ1v) is 5.69. The van der Waals surface area contributed by atoms with E-state index in [4.69, 9.17) is 4.74 Å². The first-order valence-electron chi connectivity index (χ1n) is 5.69. The van der Waals surface area contributed by atoms with Gasteiger partial charge in [0.15, 0.2) is 0 Å². The molecule has 1 aromatic heterocycles. The van der Waals surface area contributed by atoms with Crippen molar-refractivity contribution in [2.75, 3.05) is 5.32 Å². The second-order valence-corrected chi connectivity index (χ2v) is 5.19. The lowest BCUT2D eigenvalue weighted by Gasteiger charge is -2.22. The van der Waals surface area contributed by atoms with Gasteiger partial charge < -0.3 is 10.1 Å². The van der Waals surface area contributed by atoms with E-state index in [1.807, 2.05) is 40.8 Å². The Hall–Kier alpha value is -1.52. The zero-order chi connectivity index (χ0) is 13.2. The molecule has 1 aromatic rings. The minimum absolute atomic E-state index is 0.277. The number of esters is 1. The summed E-state index contributed by atoms with van der Waals surface area (Å²) >= 11 is 0. The lowest BCUT2D eigenvalue weighted by atomic mass is 10.2. The number of hydrogen-bond donors (Lipinski definition) is 1. The van der Waals surface area contributed by atoms with Crippen LogP contribution in [0.1, 0.15) is 33.4 Å². The molecule has 0 aromatic carbocycles. The van der Waals surface area contributed by atoms with Crippen molar-refractivity contribution in [3.8, 4) is 0 Å². The number of carbonyl (C=O) groups is 1. The summed E-state index contributed by atoms with van der Waals surface area (Å²) in [5, 5.41) is 7.25. The number of carbonyl (C=O) groups excluding carboxylic acids is 1. The number of rotatable bonds is 3. The van der Waals surface area contributed by atoms with E-state index in [1.54, 1.807) is 11.6 Å². The molecule has 0 amide bonds. The summed E-state index contributed by atoms with van der Waals surface area (Å²) in [6.07, 6.45) is 0. The minimum Gasteiger partial charge on any atom is -0.458 e. The maximum absolute atomic E-state index is 11.7. The van der Waals surface area contributed by atoms with Crippen LogP contribution in [0.25, 0.3) is 0 Å². The first-order chi connectivity index (χ1) is 7.69. The Bertz CT molecular complexity index is 385. The molecule has 17 heavy (non-hydrogen) atoms. The van der Waals surface area contributed by atoms with E-state index >= 15 is 0 Å². The summed E-state index contributed by atoms with van der Waals surface area (Å²) < 4.78 is 7.03. The molecular formula is C12H21N3O2. The third kappa shape index (κ3) is 4.09. The summed E-state index contributed by atoms with van der Waals surface area (Å²) in [6, 6.07) is 1.48. The molecule has 1 unspecified atom stereocenters. The van der Waals surface area contributed by atoms with Gasteiger partial charge in [0.05, 0.1) is 0 Å². The monoisotopic (exact) mass is 239 g/mol. The van der Waals surface area contributed by atoms with Crippen molar-refractivity contribution >= 4 is 11.8 Å². The molecule has 1 heterocycles. The predicted octanol–water partition coefficient (Wildman–Crippen LogP) is 1.87. The molecule has 1 N–H and O–H groups in total. The van der Waals surface area contributed by atoms with Gasteiger partial charge in [-0.2, -0.15) is 5.10 Å². The number of aromatic nitrogens is 2. The van der Waals surface area contributed by atoms with Crippen LogP contribution >= 0.6 is 0 Å². The van der Waals surface area contributed by atoms with Gasteiger partial charge in [-0.15, -0.1) is 0 Å². The Labute approximate surface area is 102 Å². The quantitative estimate of drug-likeness (QED) is 0.818.